The second kappa shape index (κ2) is 9.66. The zero-order chi connectivity index (χ0) is 21.8. The Balaban J connectivity index is 1.27. The van der Waals surface area contributed by atoms with E-state index < -0.39 is 6.10 Å². The zero-order valence-corrected chi connectivity index (χ0v) is 18.0. The maximum Gasteiger partial charge on any atom is 0.170 e. The smallest absolute Gasteiger partial charge is 0.170 e. The maximum atomic E-state index is 13.4. The van der Waals surface area contributed by atoms with Crippen molar-refractivity contribution in [1.82, 2.24) is 10.1 Å². The molecule has 3 aromatic rings. The molecular formula is C24H29FN2O4. The number of aliphatic hydroxyl groups is 1. The number of likely N-dealkylation sites (tertiary alicyclic amines) is 1. The van der Waals surface area contributed by atoms with Crippen molar-refractivity contribution in [2.75, 3.05) is 33.4 Å². The molecule has 0 spiro atoms. The molecule has 166 valence electrons. The number of fused-ring (bicyclic) bond motifs is 1. The van der Waals surface area contributed by atoms with Gasteiger partial charge in [0.15, 0.2) is 17.1 Å². The first-order chi connectivity index (χ1) is 15.1. The molecular weight excluding hydrogens is 399 g/mol. The molecule has 0 saturated carbocycles. The Morgan fingerprint density at radius 1 is 1.26 bits per heavy atom. The second-order valence-corrected chi connectivity index (χ2v) is 8.08. The summed E-state index contributed by atoms with van der Waals surface area (Å²) in [5.74, 6) is 1.29. The molecule has 1 aliphatic heterocycles. The summed E-state index contributed by atoms with van der Waals surface area (Å²) in [5.41, 5.74) is 2.20. The number of rotatable bonds is 8. The average molecular weight is 429 g/mol. The molecule has 0 amide bonds. The molecule has 0 bridgehead atoms. The predicted molar refractivity (Wildman–Crippen MR) is 116 cm³/mol. The van der Waals surface area contributed by atoms with Crippen LogP contribution in [0.5, 0.6) is 11.5 Å². The zero-order valence-electron chi connectivity index (χ0n) is 18.0. The van der Waals surface area contributed by atoms with E-state index in [1.165, 1.54) is 12.1 Å². The van der Waals surface area contributed by atoms with Gasteiger partial charge in [0.25, 0.3) is 0 Å². The van der Waals surface area contributed by atoms with Crippen LogP contribution in [-0.2, 0) is 0 Å². The molecule has 1 aliphatic rings. The number of hydrogen-bond acceptors (Lipinski definition) is 6. The van der Waals surface area contributed by atoms with Gasteiger partial charge in [0.1, 0.15) is 5.82 Å². The van der Waals surface area contributed by atoms with Gasteiger partial charge in [-0.3, -0.25) is 0 Å². The van der Waals surface area contributed by atoms with E-state index in [9.17, 15) is 9.50 Å². The summed E-state index contributed by atoms with van der Waals surface area (Å²) in [6.07, 6.45) is 2.26. The van der Waals surface area contributed by atoms with Gasteiger partial charge in [-0.25, -0.2) is 4.39 Å². The number of aromatic nitrogens is 1. The highest BCUT2D eigenvalue weighted by molar-refractivity contribution is 5.79. The summed E-state index contributed by atoms with van der Waals surface area (Å²) in [7, 11) is 1.60. The number of benzene rings is 2. The first kappa shape index (κ1) is 21.6. The fraction of sp³-hybridized carbons (Fsp3) is 0.458. The lowest BCUT2D eigenvalue weighted by Gasteiger charge is -2.31. The Kier molecular flexibility index (Phi) is 6.73. The minimum Gasteiger partial charge on any atom is -0.493 e. The highest BCUT2D eigenvalue weighted by atomic mass is 19.1. The standard InChI is InChI=1S/C24H29FN2O4/c1-16(28)19-5-3-6-21(29-2)24(19)30-14-4-11-27-12-9-17(10-13-27)23-20-8-7-18(25)15-22(20)31-26-23/h3,5-8,15-17,28H,4,9-14H2,1-2H3. The van der Waals surface area contributed by atoms with Crippen molar-refractivity contribution in [2.45, 2.75) is 38.2 Å². The van der Waals surface area contributed by atoms with Crippen LogP contribution in [0.1, 0.15) is 49.5 Å². The highest BCUT2D eigenvalue weighted by Gasteiger charge is 2.25. The van der Waals surface area contributed by atoms with Crippen LogP contribution < -0.4 is 9.47 Å². The monoisotopic (exact) mass is 428 g/mol. The van der Waals surface area contributed by atoms with Crippen molar-refractivity contribution in [3.05, 3.63) is 53.5 Å². The number of methoxy groups -OCH3 is 1. The SMILES string of the molecule is COc1cccc(C(C)O)c1OCCCN1CCC(c2noc3cc(F)ccc23)CC1. The van der Waals surface area contributed by atoms with Crippen LogP contribution >= 0.6 is 0 Å². The summed E-state index contributed by atoms with van der Waals surface area (Å²) in [6.45, 7) is 5.18. The van der Waals surface area contributed by atoms with Crippen LogP contribution in [0.2, 0.25) is 0 Å². The van der Waals surface area contributed by atoms with Crippen LogP contribution in [0, 0.1) is 5.82 Å². The molecule has 1 saturated heterocycles. The number of piperidine rings is 1. The van der Waals surface area contributed by atoms with Crippen LogP contribution in [-0.4, -0.2) is 48.5 Å². The van der Waals surface area contributed by atoms with Crippen LogP contribution in [0.4, 0.5) is 4.39 Å². The minimum absolute atomic E-state index is 0.305. The van der Waals surface area contributed by atoms with E-state index in [4.69, 9.17) is 14.0 Å². The molecule has 1 unspecified atom stereocenters. The van der Waals surface area contributed by atoms with Crippen molar-refractivity contribution in [1.29, 1.82) is 0 Å². The second-order valence-electron chi connectivity index (χ2n) is 8.08. The van der Waals surface area contributed by atoms with Gasteiger partial charge in [-0.05, 0) is 57.5 Å². The molecule has 31 heavy (non-hydrogen) atoms. The fourth-order valence-corrected chi connectivity index (χ4v) is 4.29. The molecule has 2 aromatic carbocycles. The third-order valence-corrected chi connectivity index (χ3v) is 5.98. The molecule has 2 heterocycles. The third kappa shape index (κ3) is 4.83. The summed E-state index contributed by atoms with van der Waals surface area (Å²) in [6, 6.07) is 10.2. The molecule has 4 rings (SSSR count). The van der Waals surface area contributed by atoms with Gasteiger partial charge < -0.3 is 24.0 Å². The lowest BCUT2D eigenvalue weighted by Crippen LogP contribution is -2.34. The molecule has 1 fully saturated rings. The number of aliphatic hydroxyl groups excluding tert-OH is 1. The Labute approximate surface area is 181 Å². The molecule has 7 heteroatoms. The minimum atomic E-state index is -0.617. The van der Waals surface area contributed by atoms with E-state index in [2.05, 4.69) is 10.1 Å². The first-order valence-electron chi connectivity index (χ1n) is 10.8. The van der Waals surface area contributed by atoms with Crippen molar-refractivity contribution in [3.8, 4) is 11.5 Å². The third-order valence-electron chi connectivity index (χ3n) is 5.98. The summed E-state index contributed by atoms with van der Waals surface area (Å²) in [4.78, 5) is 2.43. The van der Waals surface area contributed by atoms with Gasteiger partial charge in [0, 0.05) is 29.5 Å². The number of nitrogens with zero attached hydrogens (tertiary/aromatic N) is 2. The van der Waals surface area contributed by atoms with Gasteiger partial charge >= 0.3 is 0 Å². The Morgan fingerprint density at radius 3 is 2.81 bits per heavy atom. The maximum absolute atomic E-state index is 13.4. The van der Waals surface area contributed by atoms with E-state index in [0.29, 0.717) is 29.6 Å². The summed E-state index contributed by atoms with van der Waals surface area (Å²) < 4.78 is 30.1. The number of hydrogen-bond donors (Lipinski definition) is 1. The van der Waals surface area contributed by atoms with Gasteiger partial charge in [0.05, 0.1) is 25.5 Å². The first-order valence-corrected chi connectivity index (χ1v) is 10.8. The lowest BCUT2D eigenvalue weighted by molar-refractivity contribution is 0.177. The van der Waals surface area contributed by atoms with E-state index >= 15 is 0 Å². The van der Waals surface area contributed by atoms with E-state index in [1.807, 2.05) is 18.2 Å². The fourth-order valence-electron chi connectivity index (χ4n) is 4.29. The van der Waals surface area contributed by atoms with Crippen LogP contribution in [0.25, 0.3) is 11.0 Å². The molecule has 6 nitrogen and oxygen atoms in total. The number of para-hydroxylation sites is 1. The van der Waals surface area contributed by atoms with Crippen molar-refractivity contribution < 1.29 is 23.5 Å². The number of halogens is 1. The Morgan fingerprint density at radius 2 is 2.06 bits per heavy atom. The molecule has 1 atom stereocenters. The van der Waals surface area contributed by atoms with Crippen LogP contribution in [0.15, 0.2) is 40.9 Å². The van der Waals surface area contributed by atoms with Crippen molar-refractivity contribution in [2.24, 2.45) is 0 Å². The average Bonchev–Trinajstić information content (AvgIpc) is 3.19. The predicted octanol–water partition coefficient (Wildman–Crippen LogP) is 4.68. The summed E-state index contributed by atoms with van der Waals surface area (Å²) in [5, 5.41) is 15.1. The highest BCUT2D eigenvalue weighted by Crippen LogP contribution is 2.35. The van der Waals surface area contributed by atoms with Gasteiger partial charge in [-0.2, -0.15) is 0 Å². The van der Waals surface area contributed by atoms with Crippen LogP contribution in [0.3, 0.4) is 0 Å². The van der Waals surface area contributed by atoms with Gasteiger partial charge in [-0.1, -0.05) is 17.3 Å². The van der Waals surface area contributed by atoms with Gasteiger partial charge in [-0.15, -0.1) is 0 Å². The number of ether oxygens (including phenoxy) is 2. The van der Waals surface area contributed by atoms with Crippen molar-refractivity contribution >= 4 is 11.0 Å². The van der Waals surface area contributed by atoms with Gasteiger partial charge in [0.2, 0.25) is 0 Å². The van der Waals surface area contributed by atoms with E-state index in [-0.39, 0.29) is 5.82 Å². The van der Waals surface area contributed by atoms with Crippen molar-refractivity contribution in [3.63, 3.8) is 0 Å². The normalized spacial score (nSPS) is 16.5. The lowest BCUT2D eigenvalue weighted by atomic mass is 9.91. The molecule has 0 aliphatic carbocycles. The molecule has 0 radical (unpaired) electrons. The largest absolute Gasteiger partial charge is 0.493 e. The molecule has 1 aromatic heterocycles. The molecule has 1 N–H and O–H groups in total. The Bertz CT molecular complexity index is 1010. The summed E-state index contributed by atoms with van der Waals surface area (Å²) >= 11 is 0. The van der Waals surface area contributed by atoms with E-state index in [0.717, 1.165) is 55.5 Å². The quantitative estimate of drug-likeness (QED) is 0.526. The van der Waals surface area contributed by atoms with E-state index in [1.54, 1.807) is 20.1 Å². The Hall–Kier alpha value is -2.64. The topological polar surface area (TPSA) is 68.0 Å².